The molecule has 106 valence electrons. The van der Waals surface area contributed by atoms with Crippen molar-refractivity contribution in [2.75, 3.05) is 20.2 Å². The lowest BCUT2D eigenvalue weighted by atomic mass is 10.1. The first kappa shape index (κ1) is 15.6. The van der Waals surface area contributed by atoms with Crippen LogP contribution in [0.4, 0.5) is 4.39 Å². The highest BCUT2D eigenvalue weighted by molar-refractivity contribution is 5.69. The summed E-state index contributed by atoms with van der Waals surface area (Å²) in [5.74, 6) is -0.512. The lowest BCUT2D eigenvalue weighted by Crippen LogP contribution is -2.26. The Kier molecular flexibility index (Phi) is 6.45. The SMILES string of the molecule is CCN(CCC(=O)OC)Cc1cc(F)cc(CN)c1. The second-order valence-corrected chi connectivity index (χ2v) is 4.37. The van der Waals surface area contributed by atoms with E-state index in [2.05, 4.69) is 9.64 Å². The lowest BCUT2D eigenvalue weighted by Gasteiger charge is -2.20. The van der Waals surface area contributed by atoms with Gasteiger partial charge in [-0.1, -0.05) is 13.0 Å². The molecular formula is C14H21FN2O2. The second-order valence-electron chi connectivity index (χ2n) is 4.37. The summed E-state index contributed by atoms with van der Waals surface area (Å²) in [5.41, 5.74) is 7.17. The Balaban J connectivity index is 2.64. The molecule has 5 heteroatoms. The summed E-state index contributed by atoms with van der Waals surface area (Å²) in [4.78, 5) is 13.2. The molecule has 0 unspecified atom stereocenters. The first-order valence-electron chi connectivity index (χ1n) is 6.36. The van der Waals surface area contributed by atoms with E-state index in [1.807, 2.05) is 13.0 Å². The van der Waals surface area contributed by atoms with Crippen molar-refractivity contribution in [3.63, 3.8) is 0 Å². The molecule has 4 nitrogen and oxygen atoms in total. The van der Waals surface area contributed by atoms with Gasteiger partial charge in [-0.3, -0.25) is 9.69 Å². The van der Waals surface area contributed by atoms with Crippen LogP contribution < -0.4 is 5.73 Å². The van der Waals surface area contributed by atoms with Gasteiger partial charge in [-0.05, 0) is 29.8 Å². The zero-order valence-electron chi connectivity index (χ0n) is 11.5. The van der Waals surface area contributed by atoms with E-state index in [0.29, 0.717) is 26.1 Å². The average molecular weight is 268 g/mol. The van der Waals surface area contributed by atoms with Crippen LogP contribution >= 0.6 is 0 Å². The molecule has 0 spiro atoms. The van der Waals surface area contributed by atoms with Crippen LogP contribution in [0.15, 0.2) is 18.2 Å². The molecule has 0 amide bonds. The van der Waals surface area contributed by atoms with Crippen molar-refractivity contribution < 1.29 is 13.9 Å². The molecule has 0 aliphatic rings. The predicted octanol–water partition coefficient (Wildman–Crippen LogP) is 1.67. The highest BCUT2D eigenvalue weighted by Gasteiger charge is 2.09. The van der Waals surface area contributed by atoms with Crippen LogP contribution in [-0.4, -0.2) is 31.1 Å². The molecule has 0 saturated heterocycles. The lowest BCUT2D eigenvalue weighted by molar-refractivity contribution is -0.141. The zero-order valence-corrected chi connectivity index (χ0v) is 11.5. The van der Waals surface area contributed by atoms with Crippen molar-refractivity contribution >= 4 is 5.97 Å². The maximum absolute atomic E-state index is 13.4. The average Bonchev–Trinajstić information content (AvgIpc) is 2.42. The Morgan fingerprint density at radius 2 is 2.05 bits per heavy atom. The van der Waals surface area contributed by atoms with Gasteiger partial charge >= 0.3 is 5.97 Å². The van der Waals surface area contributed by atoms with Gasteiger partial charge in [0.25, 0.3) is 0 Å². The summed E-state index contributed by atoms with van der Waals surface area (Å²) in [7, 11) is 1.37. The second kappa shape index (κ2) is 7.86. The number of benzene rings is 1. The molecule has 0 aliphatic heterocycles. The van der Waals surface area contributed by atoms with Crippen molar-refractivity contribution in [3.8, 4) is 0 Å². The number of esters is 1. The Morgan fingerprint density at radius 3 is 2.63 bits per heavy atom. The van der Waals surface area contributed by atoms with Crippen LogP contribution in [0, 0.1) is 5.82 Å². The molecule has 0 aliphatic carbocycles. The zero-order chi connectivity index (χ0) is 14.3. The molecule has 1 aromatic rings. The van der Waals surface area contributed by atoms with E-state index >= 15 is 0 Å². The number of carbonyl (C=O) groups is 1. The fraction of sp³-hybridized carbons (Fsp3) is 0.500. The summed E-state index contributed by atoms with van der Waals surface area (Å²) in [6, 6.07) is 4.83. The largest absolute Gasteiger partial charge is 0.469 e. The van der Waals surface area contributed by atoms with Gasteiger partial charge in [-0.15, -0.1) is 0 Å². The normalized spacial score (nSPS) is 10.8. The van der Waals surface area contributed by atoms with Gasteiger partial charge in [0, 0.05) is 19.6 Å². The number of carbonyl (C=O) groups excluding carboxylic acids is 1. The van der Waals surface area contributed by atoms with E-state index in [1.165, 1.54) is 19.2 Å². The Bertz CT molecular complexity index is 424. The summed E-state index contributed by atoms with van der Waals surface area (Å²) in [6.07, 6.45) is 0.337. The van der Waals surface area contributed by atoms with Crippen LogP contribution in [0.5, 0.6) is 0 Å². The molecule has 0 fully saturated rings. The highest BCUT2D eigenvalue weighted by atomic mass is 19.1. The molecule has 0 saturated carbocycles. The molecule has 1 rings (SSSR count). The van der Waals surface area contributed by atoms with Crippen molar-refractivity contribution in [1.29, 1.82) is 0 Å². The van der Waals surface area contributed by atoms with Crippen molar-refractivity contribution in [2.24, 2.45) is 5.73 Å². The third-order valence-corrected chi connectivity index (χ3v) is 2.97. The number of rotatable bonds is 7. The predicted molar refractivity (Wildman–Crippen MR) is 71.9 cm³/mol. The van der Waals surface area contributed by atoms with Crippen LogP contribution in [0.25, 0.3) is 0 Å². The monoisotopic (exact) mass is 268 g/mol. The van der Waals surface area contributed by atoms with Crippen molar-refractivity contribution in [1.82, 2.24) is 4.90 Å². The van der Waals surface area contributed by atoms with Gasteiger partial charge in [0.05, 0.1) is 13.5 Å². The standard InChI is InChI=1S/C14H21FN2O2/c1-3-17(5-4-14(18)19-2)10-12-6-11(9-16)7-13(15)8-12/h6-8H,3-5,9-10,16H2,1-2H3. The molecule has 0 heterocycles. The van der Waals surface area contributed by atoms with Gasteiger partial charge in [-0.25, -0.2) is 4.39 Å². The summed E-state index contributed by atoms with van der Waals surface area (Å²) in [6.45, 7) is 4.29. The number of methoxy groups -OCH3 is 1. The number of nitrogens with zero attached hydrogens (tertiary/aromatic N) is 1. The maximum Gasteiger partial charge on any atom is 0.306 e. The van der Waals surface area contributed by atoms with Crippen LogP contribution in [-0.2, 0) is 22.6 Å². The van der Waals surface area contributed by atoms with E-state index in [4.69, 9.17) is 5.73 Å². The number of hydrogen-bond donors (Lipinski definition) is 1. The van der Waals surface area contributed by atoms with Crippen molar-refractivity contribution in [2.45, 2.75) is 26.4 Å². The first-order chi connectivity index (χ1) is 9.08. The Morgan fingerprint density at radius 1 is 1.37 bits per heavy atom. The first-order valence-corrected chi connectivity index (χ1v) is 6.36. The molecule has 19 heavy (non-hydrogen) atoms. The van der Waals surface area contributed by atoms with Crippen molar-refractivity contribution in [3.05, 3.63) is 35.1 Å². The fourth-order valence-electron chi connectivity index (χ4n) is 1.89. The van der Waals surface area contributed by atoms with Crippen LogP contribution in [0.2, 0.25) is 0 Å². The van der Waals surface area contributed by atoms with Gasteiger partial charge in [0.1, 0.15) is 5.82 Å². The fourth-order valence-corrected chi connectivity index (χ4v) is 1.89. The minimum absolute atomic E-state index is 0.236. The number of halogens is 1. The van der Waals surface area contributed by atoms with Crippen LogP contribution in [0.3, 0.4) is 0 Å². The number of nitrogens with two attached hydrogens (primary N) is 1. The highest BCUT2D eigenvalue weighted by Crippen LogP contribution is 2.11. The molecule has 0 atom stereocenters. The third-order valence-electron chi connectivity index (χ3n) is 2.97. The Labute approximate surface area is 113 Å². The van der Waals surface area contributed by atoms with Crippen LogP contribution in [0.1, 0.15) is 24.5 Å². The van der Waals surface area contributed by atoms with Gasteiger partial charge in [-0.2, -0.15) is 0 Å². The maximum atomic E-state index is 13.4. The molecule has 0 radical (unpaired) electrons. The topological polar surface area (TPSA) is 55.6 Å². The molecule has 0 aromatic heterocycles. The van der Waals surface area contributed by atoms with Gasteiger partial charge in [0.2, 0.25) is 0 Å². The van der Waals surface area contributed by atoms with E-state index in [0.717, 1.165) is 17.7 Å². The number of hydrogen-bond acceptors (Lipinski definition) is 4. The minimum atomic E-state index is -0.276. The molecule has 2 N–H and O–H groups in total. The smallest absolute Gasteiger partial charge is 0.306 e. The van der Waals surface area contributed by atoms with E-state index in [-0.39, 0.29) is 11.8 Å². The summed E-state index contributed by atoms with van der Waals surface area (Å²) in [5, 5.41) is 0. The van der Waals surface area contributed by atoms with E-state index in [9.17, 15) is 9.18 Å². The van der Waals surface area contributed by atoms with E-state index < -0.39 is 0 Å². The summed E-state index contributed by atoms with van der Waals surface area (Å²) >= 11 is 0. The third kappa shape index (κ3) is 5.36. The van der Waals surface area contributed by atoms with E-state index in [1.54, 1.807) is 0 Å². The molecule has 0 bridgehead atoms. The quantitative estimate of drug-likeness (QED) is 0.764. The molecular weight excluding hydrogens is 247 g/mol. The minimum Gasteiger partial charge on any atom is -0.469 e. The Hall–Kier alpha value is -1.46. The van der Waals surface area contributed by atoms with Gasteiger partial charge < -0.3 is 10.5 Å². The van der Waals surface area contributed by atoms with Gasteiger partial charge in [0.15, 0.2) is 0 Å². The summed E-state index contributed by atoms with van der Waals surface area (Å²) < 4.78 is 18.0. The number of ether oxygens (including phenoxy) is 1. The molecule has 1 aromatic carbocycles.